The number of fused-ring (bicyclic) bond motifs is 6. The van der Waals surface area contributed by atoms with Crippen LogP contribution >= 0.6 is 0 Å². The third-order valence-corrected chi connectivity index (χ3v) is 25.9. The normalized spacial score (nSPS) is 38.5. The molecule has 14 heteroatoms. The number of rotatable bonds is 12. The third kappa shape index (κ3) is 17.0. The molecule has 2 N–H and O–H groups in total. The van der Waals surface area contributed by atoms with Crippen molar-refractivity contribution in [2.24, 2.45) is 130 Å². The maximum atomic E-state index is 13.1. The van der Waals surface area contributed by atoms with Gasteiger partial charge in [-0.05, 0) is 211 Å². The zero-order valence-electron chi connectivity index (χ0n) is 55.3. The van der Waals surface area contributed by atoms with Gasteiger partial charge < -0.3 is 29.2 Å². The molecule has 0 aromatic rings. The first-order valence-corrected chi connectivity index (χ1v) is 35.2. The Morgan fingerprint density at radius 2 is 0.782 bits per heavy atom. The molecule has 12 fully saturated rings. The molecule has 0 aromatic carbocycles. The van der Waals surface area contributed by atoms with Gasteiger partial charge in [0.15, 0.2) is 0 Å². The SMILES string of the molecule is C.CC1C(=O)OC(=O)C1C.CC1C(=O)OC(=O)C1C.CC1C2CC(C(=O)O)C(C2)C1C.CC1C2CC(C(=O)O)C(C2)C1C.CC1C2CC(C(=O)OC3(C4CCCCC4)CCCC3)C(C2)C1C.CCCC(C)CCC(=O)OC1(C2CCCCC2)CCCC1. The summed E-state index contributed by atoms with van der Waals surface area (Å²) in [6.45, 7) is 25.0. The number of hydrogen-bond acceptors (Lipinski definition) is 12. The number of carbonyl (C=O) groups is 8. The first kappa shape index (κ1) is 72.2. The fourth-order valence-electron chi connectivity index (χ4n) is 19.0. The van der Waals surface area contributed by atoms with Crippen molar-refractivity contribution in [2.75, 3.05) is 0 Å². The molecule has 2 heterocycles. The van der Waals surface area contributed by atoms with E-state index in [0.29, 0.717) is 71.5 Å². The largest absolute Gasteiger partial charge is 0.481 e. The monoisotopic (exact) mass is 1220 g/mol. The highest BCUT2D eigenvalue weighted by molar-refractivity contribution is 5.96. The fourth-order valence-corrected chi connectivity index (χ4v) is 19.0. The molecule has 10 saturated carbocycles. The Balaban J connectivity index is 0.000000173. The van der Waals surface area contributed by atoms with Crippen LogP contribution in [0.15, 0.2) is 0 Å². The van der Waals surface area contributed by atoms with E-state index in [0.717, 1.165) is 75.0 Å². The van der Waals surface area contributed by atoms with Gasteiger partial charge in [-0.25, -0.2) is 0 Å². The lowest BCUT2D eigenvalue weighted by atomic mass is 9.74. The van der Waals surface area contributed by atoms with Gasteiger partial charge in [0.05, 0.1) is 41.4 Å². The Kier molecular flexibility index (Phi) is 26.5. The minimum absolute atomic E-state index is 0. The standard InChI is InChI=1S/C21H34O2.C19H34O2.2C10H16O2.2C6H8O3.CH4/c1-14-15(2)18-12-16(14)13-19(18)20(22)23-21(10-6-7-11-21)17-8-4-3-5-9-17;1-3-9-16(2)12-13-18(20)21-19(14-7-8-15-19)17-10-5-4-6-11-17;2*1-5-6(2)8-3-7(5)4-9(8)10(11)12;2*1-3-4(2)6(8)9-5(3)7;/h14-19H,3-13H2,1-2H3;16-17H,3-15H2,1-2H3;2*5-9H,3-4H2,1-2H3,(H,11,12);2*3-4H,1-2H3;1H4. The molecule has 2 aliphatic heterocycles. The van der Waals surface area contributed by atoms with Crippen LogP contribution < -0.4 is 0 Å². The number of cyclic esters (lactones) is 4. The lowest BCUT2D eigenvalue weighted by Crippen LogP contribution is -2.44. The van der Waals surface area contributed by atoms with Crippen molar-refractivity contribution in [1.82, 2.24) is 0 Å². The number of esters is 6. The molecule has 0 spiro atoms. The van der Waals surface area contributed by atoms with E-state index in [9.17, 15) is 38.4 Å². The summed E-state index contributed by atoms with van der Waals surface area (Å²) < 4.78 is 21.2. The van der Waals surface area contributed by atoms with Crippen molar-refractivity contribution in [3.05, 3.63) is 0 Å². The van der Waals surface area contributed by atoms with Gasteiger partial charge in [0.25, 0.3) is 0 Å². The first-order valence-electron chi connectivity index (χ1n) is 35.2. The van der Waals surface area contributed by atoms with Gasteiger partial charge >= 0.3 is 47.8 Å². The lowest BCUT2D eigenvalue weighted by Gasteiger charge is -2.41. The van der Waals surface area contributed by atoms with Gasteiger partial charge in [-0.2, -0.15) is 0 Å². The summed E-state index contributed by atoms with van der Waals surface area (Å²) in [5.74, 6) is 6.65. The minimum Gasteiger partial charge on any atom is -0.481 e. The zero-order valence-corrected chi connectivity index (χ0v) is 55.3. The predicted molar refractivity (Wildman–Crippen MR) is 336 cm³/mol. The summed E-state index contributed by atoms with van der Waals surface area (Å²) in [7, 11) is 0. The second-order valence-corrected chi connectivity index (χ2v) is 30.5. The maximum absolute atomic E-state index is 13.1. The summed E-state index contributed by atoms with van der Waals surface area (Å²) in [5.41, 5.74) is -0.153. The van der Waals surface area contributed by atoms with Gasteiger partial charge in [0, 0.05) is 6.42 Å². The molecule has 20 unspecified atom stereocenters. The van der Waals surface area contributed by atoms with Crippen LogP contribution in [0.2, 0.25) is 0 Å². The lowest BCUT2D eigenvalue weighted by molar-refractivity contribution is -0.175. The molecular weight excluding hydrogens is 1100 g/mol. The average Bonchev–Trinajstić information content (AvgIpc) is 2.87. The predicted octanol–water partition coefficient (Wildman–Crippen LogP) is 16.3. The summed E-state index contributed by atoms with van der Waals surface area (Å²) in [6.07, 6.45) is 33.4. The quantitative estimate of drug-likeness (QED) is 0.106. The Bertz CT molecular complexity index is 2180. The summed E-state index contributed by atoms with van der Waals surface area (Å²) in [4.78, 5) is 89.3. The molecule has 0 radical (unpaired) electrons. The van der Waals surface area contributed by atoms with Crippen LogP contribution in [0.5, 0.6) is 0 Å². The van der Waals surface area contributed by atoms with Crippen LogP contribution in [-0.4, -0.2) is 69.2 Å². The topological polar surface area (TPSA) is 214 Å². The van der Waals surface area contributed by atoms with E-state index in [-0.39, 0.29) is 72.0 Å². The highest BCUT2D eigenvalue weighted by Gasteiger charge is 2.55. The number of carboxylic acid groups (broad SMARTS) is 2. The van der Waals surface area contributed by atoms with Gasteiger partial charge in [0.2, 0.25) is 0 Å². The molecule has 20 atom stereocenters. The van der Waals surface area contributed by atoms with Crippen molar-refractivity contribution in [2.45, 2.75) is 281 Å². The van der Waals surface area contributed by atoms with Crippen LogP contribution in [0.4, 0.5) is 0 Å². The number of carboxylic acids is 2. The molecule has 496 valence electrons. The molecule has 12 rings (SSSR count). The fraction of sp³-hybridized carbons (Fsp3) is 0.890. The molecule has 6 bridgehead atoms. The van der Waals surface area contributed by atoms with Crippen LogP contribution in [0.3, 0.4) is 0 Å². The molecule has 0 aromatic heterocycles. The Labute approximate surface area is 524 Å². The van der Waals surface area contributed by atoms with E-state index in [4.69, 9.17) is 19.7 Å². The average molecular weight is 1220 g/mol. The van der Waals surface area contributed by atoms with E-state index in [1.807, 2.05) is 0 Å². The van der Waals surface area contributed by atoms with Crippen molar-refractivity contribution in [3.63, 3.8) is 0 Å². The smallest absolute Gasteiger partial charge is 0.317 e. The minimum atomic E-state index is -0.568. The summed E-state index contributed by atoms with van der Waals surface area (Å²) >= 11 is 0. The number of aliphatic carboxylic acids is 2. The molecule has 14 nitrogen and oxygen atoms in total. The van der Waals surface area contributed by atoms with Crippen LogP contribution in [0.1, 0.15) is 270 Å². The Morgan fingerprint density at radius 1 is 0.460 bits per heavy atom. The van der Waals surface area contributed by atoms with Gasteiger partial charge in [0.1, 0.15) is 11.2 Å². The zero-order chi connectivity index (χ0) is 62.9. The second kappa shape index (κ2) is 31.9. The van der Waals surface area contributed by atoms with Crippen molar-refractivity contribution in [1.29, 1.82) is 0 Å². The third-order valence-electron chi connectivity index (χ3n) is 25.9. The highest BCUT2D eigenvalue weighted by Crippen LogP contribution is 2.58. The molecule has 2 saturated heterocycles. The van der Waals surface area contributed by atoms with Crippen molar-refractivity contribution < 1.29 is 67.5 Å². The van der Waals surface area contributed by atoms with Gasteiger partial charge in [-0.15, -0.1) is 0 Å². The number of hydrogen-bond donors (Lipinski definition) is 2. The van der Waals surface area contributed by atoms with Gasteiger partial charge in [-0.1, -0.05) is 142 Å². The number of ether oxygens (including phenoxy) is 4. The Hall–Kier alpha value is -3.84. The van der Waals surface area contributed by atoms with E-state index in [2.05, 4.69) is 64.9 Å². The summed E-state index contributed by atoms with van der Waals surface area (Å²) in [5, 5.41) is 17.9. The van der Waals surface area contributed by atoms with E-state index >= 15 is 0 Å². The molecule has 0 amide bonds. The van der Waals surface area contributed by atoms with E-state index in [1.54, 1.807) is 27.7 Å². The van der Waals surface area contributed by atoms with Crippen LogP contribution in [0.25, 0.3) is 0 Å². The van der Waals surface area contributed by atoms with E-state index < -0.39 is 35.8 Å². The Morgan fingerprint density at radius 3 is 1.07 bits per heavy atom. The highest BCUT2D eigenvalue weighted by atomic mass is 16.6. The van der Waals surface area contributed by atoms with Crippen molar-refractivity contribution in [3.8, 4) is 0 Å². The number of carbonyl (C=O) groups excluding carboxylic acids is 6. The summed E-state index contributed by atoms with van der Waals surface area (Å²) in [6, 6.07) is 0. The second-order valence-electron chi connectivity index (χ2n) is 30.5. The van der Waals surface area contributed by atoms with E-state index in [1.165, 1.54) is 122 Å². The van der Waals surface area contributed by atoms with Crippen LogP contribution in [-0.2, 0) is 57.3 Å². The molecule has 87 heavy (non-hydrogen) atoms. The van der Waals surface area contributed by atoms with Gasteiger partial charge in [-0.3, -0.25) is 38.4 Å². The molecule has 10 aliphatic carbocycles. The molecular formula is C73H120O14. The first-order chi connectivity index (χ1) is 40.7. The van der Waals surface area contributed by atoms with Crippen LogP contribution in [0, 0.1) is 130 Å². The van der Waals surface area contributed by atoms with Crippen molar-refractivity contribution >= 4 is 47.8 Å². The maximum Gasteiger partial charge on any atom is 0.317 e. The molecule has 12 aliphatic rings.